The molecule has 0 saturated heterocycles. The van der Waals surface area contributed by atoms with Gasteiger partial charge in [0.2, 0.25) is 0 Å². The molecule has 0 aliphatic carbocycles. The van der Waals surface area contributed by atoms with E-state index in [9.17, 15) is 0 Å². The first kappa shape index (κ1) is 16.8. The van der Waals surface area contributed by atoms with Crippen LogP contribution in [0.15, 0.2) is 0 Å². The van der Waals surface area contributed by atoms with Crippen molar-refractivity contribution in [3.63, 3.8) is 0 Å². The molecule has 0 atom stereocenters. The number of hydrogen-bond acceptors (Lipinski definition) is 3. The molecule has 0 aromatic rings. The van der Waals surface area contributed by atoms with Gasteiger partial charge in [-0.2, -0.15) is 0 Å². The molecule has 36 valence electrons. The van der Waals surface area contributed by atoms with E-state index in [4.69, 9.17) is 15.0 Å². The minimum Gasteiger partial charge on any atom is -0.652 e. The molecule has 4 N–H and O–H groups in total. The Hall–Kier alpha value is -0.0557. The molecule has 0 aliphatic rings. The molecule has 0 radical (unpaired) electrons. The first-order valence-corrected chi connectivity index (χ1v) is 0.612. The minimum atomic E-state index is -2.33. The standard InChI is InChI=1S/CH2O3.H3N.Ti/c2-1(3)4;;/h(H2,2,3,4);1H3;/p-1. The zero-order chi connectivity index (χ0) is 3.58. The second-order valence-corrected chi connectivity index (χ2v) is 0.250. The van der Waals surface area contributed by atoms with Crippen LogP contribution in [-0.2, 0) is 21.7 Å². The average Bonchev–Trinajstić information content (AvgIpc) is 0.811. The maximum atomic E-state index is 8.33. The SMILES string of the molecule is O=C([O-])[O-].[NH4+].[Ti]. The quantitative estimate of drug-likeness (QED) is 0.377. The Morgan fingerprint density at radius 2 is 1.33 bits per heavy atom. The van der Waals surface area contributed by atoms with Crippen LogP contribution in [0.5, 0.6) is 0 Å². The van der Waals surface area contributed by atoms with E-state index in [0.29, 0.717) is 0 Å². The van der Waals surface area contributed by atoms with Crippen LogP contribution < -0.4 is 16.4 Å². The van der Waals surface area contributed by atoms with Gasteiger partial charge in [-0.05, 0) is 6.16 Å². The maximum Gasteiger partial charge on any atom is 0 e. The van der Waals surface area contributed by atoms with Crippen LogP contribution in [0.1, 0.15) is 0 Å². The summed E-state index contributed by atoms with van der Waals surface area (Å²) in [7, 11) is 0. The van der Waals surface area contributed by atoms with E-state index in [1.54, 1.807) is 0 Å². The molecule has 4 nitrogen and oxygen atoms in total. The van der Waals surface area contributed by atoms with Crippen LogP contribution >= 0.6 is 0 Å². The van der Waals surface area contributed by atoms with Crippen molar-refractivity contribution in [2.75, 3.05) is 0 Å². The normalized spacial score (nSPS) is 4.00. The number of carbonyl (C=O) groups excluding carboxylic acids is 1. The number of quaternary nitrogens is 1. The van der Waals surface area contributed by atoms with Crippen molar-refractivity contribution in [3.05, 3.63) is 0 Å². The fourth-order valence-electron chi connectivity index (χ4n) is 0. The predicted molar refractivity (Wildman–Crippen MR) is 11.4 cm³/mol. The van der Waals surface area contributed by atoms with Crippen molar-refractivity contribution in [1.82, 2.24) is 6.15 Å². The Bertz CT molecular complexity index is 33.8. The van der Waals surface area contributed by atoms with E-state index in [2.05, 4.69) is 0 Å². The van der Waals surface area contributed by atoms with E-state index in [0.717, 1.165) is 0 Å². The number of carbonyl (C=O) groups is 1. The Balaban J connectivity index is -0.0000000450. The van der Waals surface area contributed by atoms with Crippen LogP contribution in [0.25, 0.3) is 0 Å². The van der Waals surface area contributed by atoms with Gasteiger partial charge in [-0.25, -0.2) is 0 Å². The first-order valence-electron chi connectivity index (χ1n) is 0.612. The summed E-state index contributed by atoms with van der Waals surface area (Å²) in [6.07, 6.45) is -2.33. The van der Waals surface area contributed by atoms with Crippen molar-refractivity contribution >= 4 is 6.16 Å². The first-order chi connectivity index (χ1) is 1.73. The summed E-state index contributed by atoms with van der Waals surface area (Å²) in [6, 6.07) is 0. The van der Waals surface area contributed by atoms with E-state index in [1.807, 2.05) is 0 Å². The van der Waals surface area contributed by atoms with Crippen molar-refractivity contribution in [2.45, 2.75) is 0 Å². The number of hydrogen-bond donors (Lipinski definition) is 1. The van der Waals surface area contributed by atoms with Gasteiger partial charge in [-0.15, -0.1) is 0 Å². The summed E-state index contributed by atoms with van der Waals surface area (Å²) in [5.74, 6) is 0. The van der Waals surface area contributed by atoms with Crippen LogP contribution in [0.2, 0.25) is 0 Å². The van der Waals surface area contributed by atoms with Crippen LogP contribution in [0.4, 0.5) is 4.79 Å². The monoisotopic (exact) mass is 126 g/mol. The van der Waals surface area contributed by atoms with Gasteiger partial charge in [0.25, 0.3) is 0 Å². The molecule has 0 spiro atoms. The maximum absolute atomic E-state index is 8.33. The van der Waals surface area contributed by atoms with Gasteiger partial charge in [0.15, 0.2) is 0 Å². The molecule has 0 amide bonds. The molecule has 0 aliphatic heterocycles. The molecule has 0 aromatic carbocycles. The molecule has 0 heterocycles. The summed E-state index contributed by atoms with van der Waals surface area (Å²) < 4.78 is 0. The van der Waals surface area contributed by atoms with Crippen molar-refractivity contribution in [3.8, 4) is 0 Å². The predicted octanol–water partition coefficient (Wildman–Crippen LogP) is -2.07. The fourth-order valence-corrected chi connectivity index (χ4v) is 0. The van der Waals surface area contributed by atoms with E-state index < -0.39 is 6.16 Å². The van der Waals surface area contributed by atoms with Gasteiger partial charge in [0.1, 0.15) is 0 Å². The molecule has 0 saturated carbocycles. The molecule has 0 rings (SSSR count). The third-order valence-corrected chi connectivity index (χ3v) is 0. The summed E-state index contributed by atoms with van der Waals surface area (Å²) in [4.78, 5) is 8.33. The molecule has 6 heavy (non-hydrogen) atoms. The van der Waals surface area contributed by atoms with Gasteiger partial charge in [0.05, 0.1) is 0 Å². The van der Waals surface area contributed by atoms with E-state index >= 15 is 0 Å². The van der Waals surface area contributed by atoms with Crippen molar-refractivity contribution < 1.29 is 36.7 Å². The molecular formula is CH4NO3Ti-. The minimum absolute atomic E-state index is 0. The Morgan fingerprint density at radius 1 is 1.33 bits per heavy atom. The van der Waals surface area contributed by atoms with Gasteiger partial charge in [0, 0.05) is 21.7 Å². The van der Waals surface area contributed by atoms with Gasteiger partial charge >= 0.3 is 0 Å². The van der Waals surface area contributed by atoms with Crippen molar-refractivity contribution in [1.29, 1.82) is 0 Å². The molecule has 0 aromatic heterocycles. The number of carboxylic acid groups (broad SMARTS) is 2. The zero-order valence-corrected chi connectivity index (χ0v) is 4.79. The molecule has 0 bridgehead atoms. The van der Waals surface area contributed by atoms with E-state index in [-0.39, 0.29) is 27.9 Å². The summed E-state index contributed by atoms with van der Waals surface area (Å²) in [6.45, 7) is 0. The summed E-state index contributed by atoms with van der Waals surface area (Å²) >= 11 is 0. The van der Waals surface area contributed by atoms with Gasteiger partial charge in [-0.3, -0.25) is 0 Å². The second kappa shape index (κ2) is 8.87. The Labute approximate surface area is 49.6 Å². The summed E-state index contributed by atoms with van der Waals surface area (Å²) in [5.41, 5.74) is 0. The van der Waals surface area contributed by atoms with E-state index in [1.165, 1.54) is 0 Å². The topological polar surface area (TPSA) is 99.7 Å². The van der Waals surface area contributed by atoms with Gasteiger partial charge in [-0.1, -0.05) is 0 Å². The Morgan fingerprint density at radius 3 is 1.33 bits per heavy atom. The second-order valence-electron chi connectivity index (χ2n) is 0.250. The molecule has 5 heteroatoms. The smallest absolute Gasteiger partial charge is 0 e. The zero-order valence-electron chi connectivity index (χ0n) is 3.22. The van der Waals surface area contributed by atoms with Crippen LogP contribution in [0.3, 0.4) is 0 Å². The summed E-state index contributed by atoms with van der Waals surface area (Å²) in [5, 5.41) is 16.7. The third kappa shape index (κ3) is 11000. The van der Waals surface area contributed by atoms with Crippen LogP contribution in [-0.4, -0.2) is 6.16 Å². The Kier molecular flexibility index (Phi) is 24.8. The molecule has 0 unspecified atom stereocenters. The van der Waals surface area contributed by atoms with Crippen LogP contribution in [0, 0.1) is 0 Å². The molecule has 0 fully saturated rings. The van der Waals surface area contributed by atoms with Crippen molar-refractivity contribution in [2.24, 2.45) is 0 Å². The third-order valence-electron chi connectivity index (χ3n) is 0. The number of rotatable bonds is 0. The fraction of sp³-hybridized carbons (Fsp3) is 0. The average molecular weight is 126 g/mol. The molecular weight excluding hydrogens is 122 g/mol. The largest absolute Gasteiger partial charge is 0.652 e. The van der Waals surface area contributed by atoms with Gasteiger partial charge < -0.3 is 21.2 Å².